The van der Waals surface area contributed by atoms with Gasteiger partial charge in [-0.25, -0.2) is 5.43 Å². The van der Waals surface area contributed by atoms with E-state index in [0.29, 0.717) is 21.3 Å². The monoisotopic (exact) mass is 494 g/mol. The summed E-state index contributed by atoms with van der Waals surface area (Å²) in [6.45, 7) is 0. The van der Waals surface area contributed by atoms with Gasteiger partial charge in [-0.2, -0.15) is 20.1 Å². The van der Waals surface area contributed by atoms with Gasteiger partial charge in [0.2, 0.25) is 17.8 Å². The molecule has 3 aromatic carbocycles. The molecule has 10 nitrogen and oxygen atoms in total. The van der Waals surface area contributed by atoms with Crippen molar-refractivity contribution >= 4 is 64.3 Å². The van der Waals surface area contributed by atoms with E-state index in [1.807, 2.05) is 30.3 Å². The number of hydrogen-bond acceptors (Lipinski definition) is 9. The van der Waals surface area contributed by atoms with Gasteiger partial charge in [0.1, 0.15) is 0 Å². The van der Waals surface area contributed by atoms with Crippen LogP contribution in [0.15, 0.2) is 77.9 Å². The van der Waals surface area contributed by atoms with Crippen molar-refractivity contribution in [2.24, 2.45) is 5.10 Å². The zero-order valence-corrected chi connectivity index (χ0v) is 18.8. The van der Waals surface area contributed by atoms with Crippen LogP contribution in [0.2, 0.25) is 10.0 Å². The Morgan fingerprint density at radius 1 is 0.824 bits per heavy atom. The van der Waals surface area contributed by atoms with Crippen LogP contribution in [-0.4, -0.2) is 26.1 Å². The van der Waals surface area contributed by atoms with Crippen LogP contribution in [0.5, 0.6) is 0 Å². The molecular weight excluding hydrogens is 479 g/mol. The molecule has 12 heteroatoms. The number of nitrogens with zero attached hydrogens (tertiary/aromatic N) is 5. The lowest BCUT2D eigenvalue weighted by Crippen LogP contribution is -2.07. The van der Waals surface area contributed by atoms with Crippen LogP contribution in [0.3, 0.4) is 0 Å². The first kappa shape index (κ1) is 22.9. The maximum absolute atomic E-state index is 10.9. The zero-order chi connectivity index (χ0) is 23.9. The van der Waals surface area contributed by atoms with Crippen molar-refractivity contribution in [3.8, 4) is 0 Å². The van der Waals surface area contributed by atoms with Gasteiger partial charge < -0.3 is 10.6 Å². The normalized spacial score (nSPS) is 10.8. The molecule has 0 bridgehead atoms. The number of aromatic nitrogens is 3. The fraction of sp³-hybridized carbons (Fsp3) is 0. The topological polar surface area (TPSA) is 130 Å². The Hall–Kier alpha value is -4.28. The van der Waals surface area contributed by atoms with Crippen LogP contribution in [0.25, 0.3) is 0 Å². The lowest BCUT2D eigenvalue weighted by molar-refractivity contribution is -0.384. The van der Waals surface area contributed by atoms with E-state index in [2.05, 4.69) is 36.1 Å². The number of nitro benzene ring substituents is 1. The van der Waals surface area contributed by atoms with Crippen molar-refractivity contribution in [2.45, 2.75) is 0 Å². The Morgan fingerprint density at radius 2 is 1.44 bits per heavy atom. The Bertz CT molecular complexity index is 1330. The van der Waals surface area contributed by atoms with Gasteiger partial charge in [-0.15, -0.1) is 0 Å². The average molecular weight is 495 g/mol. The molecule has 0 unspecified atom stereocenters. The number of rotatable bonds is 8. The molecule has 170 valence electrons. The molecule has 3 N–H and O–H groups in total. The number of nitrogens with one attached hydrogen (secondary N) is 3. The average Bonchev–Trinajstić information content (AvgIpc) is 2.81. The van der Waals surface area contributed by atoms with Crippen molar-refractivity contribution in [1.29, 1.82) is 0 Å². The Balaban J connectivity index is 1.58. The van der Waals surface area contributed by atoms with Gasteiger partial charge in [-0.3, -0.25) is 10.1 Å². The highest BCUT2D eigenvalue weighted by Gasteiger charge is 2.09. The van der Waals surface area contributed by atoms with E-state index in [9.17, 15) is 10.1 Å². The quantitative estimate of drug-likeness (QED) is 0.154. The highest BCUT2D eigenvalue weighted by Crippen LogP contribution is 2.22. The minimum Gasteiger partial charge on any atom is -0.324 e. The molecule has 0 atom stereocenters. The predicted octanol–water partition coefficient (Wildman–Crippen LogP) is 6.02. The molecule has 0 saturated carbocycles. The van der Waals surface area contributed by atoms with Gasteiger partial charge in [-0.1, -0.05) is 47.5 Å². The summed E-state index contributed by atoms with van der Waals surface area (Å²) >= 11 is 12.1. The number of hydrogen-bond donors (Lipinski definition) is 3. The van der Waals surface area contributed by atoms with Crippen LogP contribution in [0.4, 0.5) is 34.9 Å². The fourth-order valence-corrected chi connectivity index (χ4v) is 3.21. The third kappa shape index (κ3) is 6.15. The van der Waals surface area contributed by atoms with Crippen molar-refractivity contribution in [1.82, 2.24) is 15.0 Å². The minimum atomic E-state index is -0.471. The highest BCUT2D eigenvalue weighted by molar-refractivity contribution is 6.36. The molecule has 0 fully saturated rings. The SMILES string of the molecule is O=[N+]([O-])c1ccc(Nc2nc(N/N=C/c3ccc(Cl)cc3Cl)nc(Nc3ccccc3)n2)cc1. The van der Waals surface area contributed by atoms with Crippen LogP contribution in [0, 0.1) is 10.1 Å². The van der Waals surface area contributed by atoms with Crippen molar-refractivity contribution in [2.75, 3.05) is 16.1 Å². The second-order valence-corrected chi connectivity index (χ2v) is 7.61. The summed E-state index contributed by atoms with van der Waals surface area (Å²) in [4.78, 5) is 23.4. The first-order valence-corrected chi connectivity index (χ1v) is 10.6. The lowest BCUT2D eigenvalue weighted by Gasteiger charge is -2.10. The van der Waals surface area contributed by atoms with Crippen LogP contribution in [-0.2, 0) is 0 Å². The van der Waals surface area contributed by atoms with Gasteiger partial charge in [0.15, 0.2) is 0 Å². The second kappa shape index (κ2) is 10.6. The summed E-state index contributed by atoms with van der Waals surface area (Å²) in [6, 6.07) is 20.3. The van der Waals surface area contributed by atoms with E-state index in [4.69, 9.17) is 23.2 Å². The van der Waals surface area contributed by atoms with Crippen molar-refractivity contribution in [3.05, 3.63) is 98.5 Å². The third-order valence-electron chi connectivity index (χ3n) is 4.33. The van der Waals surface area contributed by atoms with E-state index >= 15 is 0 Å². The Kier molecular flexibility index (Phi) is 7.11. The summed E-state index contributed by atoms with van der Waals surface area (Å²) < 4.78 is 0. The maximum Gasteiger partial charge on any atom is 0.269 e. The molecule has 34 heavy (non-hydrogen) atoms. The lowest BCUT2D eigenvalue weighted by atomic mass is 10.2. The van der Waals surface area contributed by atoms with Gasteiger partial charge in [0.25, 0.3) is 5.69 Å². The summed E-state index contributed by atoms with van der Waals surface area (Å²) in [5.41, 5.74) is 4.72. The second-order valence-electron chi connectivity index (χ2n) is 6.76. The van der Waals surface area contributed by atoms with Crippen molar-refractivity contribution < 1.29 is 4.92 Å². The molecule has 0 spiro atoms. The molecule has 0 aliphatic rings. The Morgan fingerprint density at radius 3 is 2.06 bits per heavy atom. The van der Waals surface area contributed by atoms with Gasteiger partial charge >= 0.3 is 0 Å². The number of non-ortho nitro benzene ring substituents is 1. The highest BCUT2D eigenvalue weighted by atomic mass is 35.5. The molecule has 0 radical (unpaired) electrons. The number of anilines is 5. The van der Waals surface area contributed by atoms with Crippen LogP contribution >= 0.6 is 23.2 Å². The molecular formula is C22H16Cl2N8O2. The third-order valence-corrected chi connectivity index (χ3v) is 4.89. The van der Waals surface area contributed by atoms with Gasteiger partial charge in [0, 0.05) is 34.1 Å². The summed E-state index contributed by atoms with van der Waals surface area (Å²) in [6.07, 6.45) is 1.51. The fourth-order valence-electron chi connectivity index (χ4n) is 2.75. The zero-order valence-electron chi connectivity index (χ0n) is 17.3. The number of para-hydroxylation sites is 1. The Labute approximate surface area is 203 Å². The molecule has 4 rings (SSSR count). The summed E-state index contributed by atoms with van der Waals surface area (Å²) in [5, 5.41) is 22.1. The molecule has 4 aromatic rings. The summed E-state index contributed by atoms with van der Waals surface area (Å²) in [7, 11) is 0. The summed E-state index contributed by atoms with van der Waals surface area (Å²) in [5.74, 6) is 0.608. The molecule has 1 aromatic heterocycles. The van der Waals surface area contributed by atoms with E-state index < -0.39 is 4.92 Å². The standard InChI is InChI=1S/C22H16Cl2N8O2/c23-15-7-6-14(19(24)12-15)13-25-31-22-29-20(26-16-4-2-1-3-5-16)28-21(30-22)27-17-8-10-18(11-9-17)32(33)34/h1-13H,(H3,26,27,28,29,30,31)/b25-13+. The van der Waals surface area contributed by atoms with Crippen LogP contribution in [0.1, 0.15) is 5.56 Å². The number of nitro groups is 1. The number of halogens is 2. The number of benzene rings is 3. The van der Waals surface area contributed by atoms with Crippen molar-refractivity contribution in [3.63, 3.8) is 0 Å². The molecule has 0 saturated heterocycles. The van der Waals surface area contributed by atoms with E-state index in [1.54, 1.807) is 30.3 Å². The van der Waals surface area contributed by atoms with Gasteiger partial charge in [0.05, 0.1) is 16.2 Å². The van der Waals surface area contributed by atoms with Gasteiger partial charge in [-0.05, 0) is 36.4 Å². The van der Waals surface area contributed by atoms with E-state index in [0.717, 1.165) is 5.69 Å². The molecule has 0 aliphatic heterocycles. The first-order chi connectivity index (χ1) is 16.5. The number of hydrazone groups is 1. The maximum atomic E-state index is 10.9. The van der Waals surface area contributed by atoms with Crippen LogP contribution < -0.4 is 16.1 Å². The van der Waals surface area contributed by atoms with E-state index in [1.165, 1.54) is 18.3 Å². The molecule has 0 aliphatic carbocycles. The predicted molar refractivity (Wildman–Crippen MR) is 134 cm³/mol. The largest absolute Gasteiger partial charge is 0.324 e. The molecule has 0 amide bonds. The minimum absolute atomic E-state index is 0.0230. The molecule has 1 heterocycles. The smallest absolute Gasteiger partial charge is 0.269 e. The first-order valence-electron chi connectivity index (χ1n) is 9.80. The van der Waals surface area contributed by atoms with E-state index in [-0.39, 0.29) is 23.5 Å².